The van der Waals surface area contributed by atoms with Gasteiger partial charge in [-0.3, -0.25) is 9.59 Å². The van der Waals surface area contributed by atoms with Crippen molar-refractivity contribution in [2.45, 2.75) is 32.3 Å². The third kappa shape index (κ3) is 6.30. The Hall–Kier alpha value is -2.38. The Labute approximate surface area is 179 Å². The van der Waals surface area contributed by atoms with Gasteiger partial charge in [0, 0.05) is 24.4 Å². The van der Waals surface area contributed by atoms with Crippen LogP contribution >= 0.6 is 15.9 Å². The number of aryl methyl sites for hydroxylation is 1. The number of hydrogen-bond donors (Lipinski definition) is 2. The fraction of sp³-hybridized carbons (Fsp3) is 0.364. The summed E-state index contributed by atoms with van der Waals surface area (Å²) < 4.78 is 11.9. The lowest BCUT2D eigenvalue weighted by Crippen LogP contribution is -2.31. The smallest absolute Gasteiger partial charge is 0.262 e. The van der Waals surface area contributed by atoms with E-state index in [1.807, 2.05) is 18.2 Å². The molecule has 0 aromatic heterocycles. The molecule has 1 heterocycles. The second-order valence-electron chi connectivity index (χ2n) is 6.88. The Bertz CT molecular complexity index is 848. The van der Waals surface area contributed by atoms with Crippen LogP contribution in [0.4, 0.5) is 5.69 Å². The third-order valence-corrected chi connectivity index (χ3v) is 5.33. The lowest BCUT2D eigenvalue weighted by atomic mass is 10.2. The summed E-state index contributed by atoms with van der Waals surface area (Å²) in [6.45, 7) is 3.26. The number of carbonyl (C=O) groups excluding carboxylic acids is 2. The molecule has 0 aliphatic carbocycles. The number of halogens is 1. The molecule has 7 heteroatoms. The molecule has 1 saturated heterocycles. The molecule has 1 atom stereocenters. The number of benzene rings is 2. The van der Waals surface area contributed by atoms with Gasteiger partial charge in [0.1, 0.15) is 5.75 Å². The molecule has 0 bridgehead atoms. The van der Waals surface area contributed by atoms with Crippen LogP contribution in [0.3, 0.4) is 0 Å². The number of rotatable bonds is 8. The predicted octanol–water partition coefficient (Wildman–Crippen LogP) is 3.94. The number of carbonyl (C=O) groups is 2. The average Bonchev–Trinajstić information content (AvgIpc) is 3.25. The second-order valence-corrected chi connectivity index (χ2v) is 7.73. The van der Waals surface area contributed by atoms with Crippen molar-refractivity contribution in [2.24, 2.45) is 0 Å². The molecule has 0 radical (unpaired) electrons. The molecule has 6 nitrogen and oxygen atoms in total. The Morgan fingerprint density at radius 3 is 2.66 bits per heavy atom. The van der Waals surface area contributed by atoms with Crippen LogP contribution in [-0.2, 0) is 16.0 Å². The van der Waals surface area contributed by atoms with Crippen molar-refractivity contribution in [2.75, 3.05) is 25.1 Å². The molecule has 2 amide bonds. The number of ether oxygens (including phenoxy) is 2. The summed E-state index contributed by atoms with van der Waals surface area (Å²) in [6, 6.07) is 12.6. The van der Waals surface area contributed by atoms with Crippen LogP contribution in [0, 0.1) is 0 Å². The molecule has 29 heavy (non-hydrogen) atoms. The maximum atomic E-state index is 12.2. The van der Waals surface area contributed by atoms with Gasteiger partial charge in [-0.1, -0.05) is 13.0 Å². The summed E-state index contributed by atoms with van der Waals surface area (Å²) in [7, 11) is 0. The van der Waals surface area contributed by atoms with Crippen LogP contribution in [0.1, 0.15) is 35.7 Å². The first-order chi connectivity index (χ1) is 14.0. The van der Waals surface area contributed by atoms with E-state index in [1.54, 1.807) is 24.3 Å². The monoisotopic (exact) mass is 460 g/mol. The van der Waals surface area contributed by atoms with Crippen LogP contribution in [0.15, 0.2) is 46.9 Å². The van der Waals surface area contributed by atoms with Gasteiger partial charge < -0.3 is 20.1 Å². The van der Waals surface area contributed by atoms with E-state index in [-0.39, 0.29) is 24.5 Å². The molecule has 3 rings (SSSR count). The molecule has 2 aromatic carbocycles. The Kier molecular flexibility index (Phi) is 7.66. The highest BCUT2D eigenvalue weighted by molar-refractivity contribution is 9.10. The summed E-state index contributed by atoms with van der Waals surface area (Å²) >= 11 is 3.46. The van der Waals surface area contributed by atoms with Gasteiger partial charge in [0.15, 0.2) is 6.61 Å². The minimum atomic E-state index is -0.271. The zero-order chi connectivity index (χ0) is 20.6. The average molecular weight is 461 g/mol. The molecule has 1 unspecified atom stereocenters. The third-order valence-electron chi connectivity index (χ3n) is 4.71. The van der Waals surface area contributed by atoms with Gasteiger partial charge in [0.2, 0.25) is 0 Å². The Balaban J connectivity index is 1.46. The summed E-state index contributed by atoms with van der Waals surface area (Å²) in [5, 5.41) is 5.64. The zero-order valence-electron chi connectivity index (χ0n) is 16.4. The minimum absolute atomic E-state index is 0.103. The molecule has 2 N–H and O–H groups in total. The number of amides is 2. The van der Waals surface area contributed by atoms with E-state index in [4.69, 9.17) is 9.47 Å². The first-order valence-electron chi connectivity index (χ1n) is 9.76. The van der Waals surface area contributed by atoms with E-state index in [2.05, 4.69) is 33.5 Å². The molecular formula is C22H25BrN2O4. The molecular weight excluding hydrogens is 436 g/mol. The van der Waals surface area contributed by atoms with Crippen molar-refractivity contribution in [3.63, 3.8) is 0 Å². The highest BCUT2D eigenvalue weighted by Crippen LogP contribution is 2.26. The predicted molar refractivity (Wildman–Crippen MR) is 115 cm³/mol. The highest BCUT2D eigenvalue weighted by Gasteiger charge is 2.16. The molecule has 0 spiro atoms. The van der Waals surface area contributed by atoms with Crippen LogP contribution < -0.4 is 15.4 Å². The van der Waals surface area contributed by atoms with E-state index >= 15 is 0 Å². The van der Waals surface area contributed by atoms with Crippen LogP contribution in [-0.4, -0.2) is 37.7 Å². The summed E-state index contributed by atoms with van der Waals surface area (Å²) in [5.74, 6) is 0.199. The van der Waals surface area contributed by atoms with E-state index in [9.17, 15) is 9.59 Å². The molecule has 1 fully saturated rings. The SMILES string of the molecule is CCc1ccc(OCC(=O)Nc2ccc(C(=O)NCC3CCCO3)cc2)c(Br)c1. The Morgan fingerprint density at radius 1 is 1.21 bits per heavy atom. The summed E-state index contributed by atoms with van der Waals surface area (Å²) in [6.07, 6.45) is 3.06. The topological polar surface area (TPSA) is 76.7 Å². The van der Waals surface area contributed by atoms with Gasteiger partial charge in [0.25, 0.3) is 11.8 Å². The van der Waals surface area contributed by atoms with Crippen LogP contribution in [0.25, 0.3) is 0 Å². The molecule has 2 aromatic rings. The zero-order valence-corrected chi connectivity index (χ0v) is 18.0. The fourth-order valence-corrected chi connectivity index (χ4v) is 3.58. The number of nitrogens with one attached hydrogen (secondary N) is 2. The van der Waals surface area contributed by atoms with E-state index in [0.29, 0.717) is 23.5 Å². The summed E-state index contributed by atoms with van der Waals surface area (Å²) in [4.78, 5) is 24.3. The quantitative estimate of drug-likeness (QED) is 0.625. The maximum Gasteiger partial charge on any atom is 0.262 e. The standard InChI is InChI=1S/C22H25BrN2O4/c1-2-15-5-10-20(19(23)12-15)29-14-21(26)25-17-8-6-16(7-9-17)22(27)24-13-18-4-3-11-28-18/h5-10,12,18H,2-4,11,13-14H2,1H3,(H,24,27)(H,25,26). The Morgan fingerprint density at radius 2 is 2.00 bits per heavy atom. The van der Waals surface area contributed by atoms with Crippen molar-refractivity contribution in [3.05, 3.63) is 58.1 Å². The minimum Gasteiger partial charge on any atom is -0.483 e. The van der Waals surface area contributed by atoms with Gasteiger partial charge in [-0.05, 0) is 77.2 Å². The van der Waals surface area contributed by atoms with Gasteiger partial charge >= 0.3 is 0 Å². The van der Waals surface area contributed by atoms with Crippen molar-refractivity contribution in [3.8, 4) is 5.75 Å². The first-order valence-corrected chi connectivity index (χ1v) is 10.6. The lowest BCUT2D eigenvalue weighted by Gasteiger charge is -2.12. The van der Waals surface area contributed by atoms with Gasteiger partial charge in [-0.2, -0.15) is 0 Å². The largest absolute Gasteiger partial charge is 0.483 e. The van der Waals surface area contributed by atoms with E-state index in [0.717, 1.165) is 30.3 Å². The first kappa shape index (κ1) is 21.3. The van der Waals surface area contributed by atoms with Crippen molar-refractivity contribution in [1.29, 1.82) is 0 Å². The molecule has 0 saturated carbocycles. The van der Waals surface area contributed by atoms with E-state index < -0.39 is 0 Å². The molecule has 1 aliphatic heterocycles. The fourth-order valence-electron chi connectivity index (χ4n) is 3.04. The van der Waals surface area contributed by atoms with Crippen LogP contribution in [0.5, 0.6) is 5.75 Å². The van der Waals surface area contributed by atoms with Gasteiger partial charge in [-0.15, -0.1) is 0 Å². The van der Waals surface area contributed by atoms with Crippen molar-refractivity contribution < 1.29 is 19.1 Å². The van der Waals surface area contributed by atoms with Crippen molar-refractivity contribution in [1.82, 2.24) is 5.32 Å². The van der Waals surface area contributed by atoms with Crippen molar-refractivity contribution >= 4 is 33.4 Å². The normalized spacial score (nSPS) is 15.7. The number of hydrogen-bond acceptors (Lipinski definition) is 4. The maximum absolute atomic E-state index is 12.2. The number of anilines is 1. The van der Waals surface area contributed by atoms with Crippen LogP contribution in [0.2, 0.25) is 0 Å². The second kappa shape index (κ2) is 10.4. The molecule has 1 aliphatic rings. The van der Waals surface area contributed by atoms with E-state index in [1.165, 1.54) is 5.56 Å². The highest BCUT2D eigenvalue weighted by atomic mass is 79.9. The lowest BCUT2D eigenvalue weighted by molar-refractivity contribution is -0.118. The van der Waals surface area contributed by atoms with Gasteiger partial charge in [0.05, 0.1) is 10.6 Å². The summed E-state index contributed by atoms with van der Waals surface area (Å²) in [5.41, 5.74) is 2.33. The van der Waals surface area contributed by atoms with Gasteiger partial charge in [-0.25, -0.2) is 0 Å². The molecule has 154 valence electrons.